The van der Waals surface area contributed by atoms with Gasteiger partial charge in [0.15, 0.2) is 0 Å². The van der Waals surface area contributed by atoms with Crippen LogP contribution in [-0.4, -0.2) is 28.9 Å². The summed E-state index contributed by atoms with van der Waals surface area (Å²) in [7, 11) is 0. The summed E-state index contributed by atoms with van der Waals surface area (Å²) < 4.78 is 0. The van der Waals surface area contributed by atoms with E-state index in [1.807, 2.05) is 0 Å². The first-order chi connectivity index (χ1) is 9.48. The molecule has 3 fully saturated rings. The molecule has 3 rings (SSSR count). The first-order valence-corrected chi connectivity index (χ1v) is 7.96. The zero-order chi connectivity index (χ0) is 14.5. The van der Waals surface area contributed by atoms with Crippen molar-refractivity contribution >= 4 is 5.91 Å². The second-order valence-electron chi connectivity index (χ2n) is 7.33. The van der Waals surface area contributed by atoms with Crippen LogP contribution in [0, 0.1) is 28.6 Å². The SMILES string of the molecule is C[C@H]1C[C@@H](C#N)N(C(=O)[C@@H](N)C23CCC(CC2)C3)[C@H]1C. The van der Waals surface area contributed by atoms with E-state index >= 15 is 0 Å². The molecule has 0 aromatic carbocycles. The van der Waals surface area contributed by atoms with Crippen LogP contribution >= 0.6 is 0 Å². The van der Waals surface area contributed by atoms with Crippen molar-refractivity contribution in [2.75, 3.05) is 0 Å². The Kier molecular flexibility index (Phi) is 3.29. The summed E-state index contributed by atoms with van der Waals surface area (Å²) in [6, 6.07) is 1.74. The van der Waals surface area contributed by atoms with Crippen LogP contribution in [0.2, 0.25) is 0 Å². The predicted octanol–water partition coefficient (Wildman–Crippen LogP) is 2.04. The Morgan fingerprint density at radius 3 is 2.55 bits per heavy atom. The van der Waals surface area contributed by atoms with Gasteiger partial charge in [0.25, 0.3) is 0 Å². The van der Waals surface area contributed by atoms with E-state index in [0.717, 1.165) is 31.6 Å². The van der Waals surface area contributed by atoms with Crippen LogP contribution in [0.25, 0.3) is 0 Å². The van der Waals surface area contributed by atoms with Gasteiger partial charge in [-0.3, -0.25) is 4.79 Å². The van der Waals surface area contributed by atoms with Gasteiger partial charge in [0, 0.05) is 6.04 Å². The fourth-order valence-corrected chi connectivity index (χ4v) is 4.79. The minimum Gasteiger partial charge on any atom is -0.322 e. The number of nitrogens with zero attached hydrogens (tertiary/aromatic N) is 2. The Bertz CT molecular complexity index is 447. The summed E-state index contributed by atoms with van der Waals surface area (Å²) in [5, 5.41) is 9.31. The number of hydrogen-bond donors (Lipinski definition) is 1. The first kappa shape index (κ1) is 13.9. The van der Waals surface area contributed by atoms with E-state index in [1.54, 1.807) is 4.90 Å². The highest BCUT2D eigenvalue weighted by atomic mass is 16.2. The molecule has 2 saturated carbocycles. The smallest absolute Gasteiger partial charge is 0.241 e. The summed E-state index contributed by atoms with van der Waals surface area (Å²) in [4.78, 5) is 14.7. The van der Waals surface area contributed by atoms with E-state index in [0.29, 0.717) is 5.92 Å². The maximum atomic E-state index is 12.9. The fourth-order valence-electron chi connectivity index (χ4n) is 4.79. The van der Waals surface area contributed by atoms with Crippen LogP contribution in [0.1, 0.15) is 52.4 Å². The molecule has 1 saturated heterocycles. The molecule has 0 radical (unpaired) electrons. The molecule has 4 atom stereocenters. The summed E-state index contributed by atoms with van der Waals surface area (Å²) in [5.74, 6) is 1.19. The third-order valence-corrected chi connectivity index (χ3v) is 6.32. The van der Waals surface area contributed by atoms with Crippen molar-refractivity contribution in [2.24, 2.45) is 23.0 Å². The zero-order valence-electron chi connectivity index (χ0n) is 12.5. The normalized spacial score (nSPS) is 44.6. The van der Waals surface area contributed by atoms with E-state index in [1.165, 1.54) is 12.8 Å². The molecule has 1 aliphatic heterocycles. The molecule has 0 spiro atoms. The van der Waals surface area contributed by atoms with E-state index < -0.39 is 6.04 Å². The van der Waals surface area contributed by atoms with Crippen molar-refractivity contribution in [1.82, 2.24) is 4.90 Å². The van der Waals surface area contributed by atoms with Gasteiger partial charge in [-0.15, -0.1) is 0 Å². The Hall–Kier alpha value is -1.08. The van der Waals surface area contributed by atoms with Crippen LogP contribution in [0.3, 0.4) is 0 Å². The summed E-state index contributed by atoms with van der Waals surface area (Å²) in [6.07, 6.45) is 6.56. The van der Waals surface area contributed by atoms with Gasteiger partial charge < -0.3 is 10.6 Å². The molecule has 2 aliphatic carbocycles. The molecule has 0 aromatic heterocycles. The lowest BCUT2D eigenvalue weighted by atomic mass is 9.77. The first-order valence-electron chi connectivity index (χ1n) is 7.96. The predicted molar refractivity (Wildman–Crippen MR) is 76.5 cm³/mol. The van der Waals surface area contributed by atoms with Crippen LogP contribution in [0.15, 0.2) is 0 Å². The fraction of sp³-hybridized carbons (Fsp3) is 0.875. The molecule has 110 valence electrons. The molecule has 2 N–H and O–H groups in total. The van der Waals surface area contributed by atoms with Gasteiger partial charge in [0.2, 0.25) is 5.91 Å². The molecular formula is C16H25N3O. The molecule has 3 aliphatic rings. The van der Waals surface area contributed by atoms with Crippen molar-refractivity contribution in [3.8, 4) is 6.07 Å². The number of nitrogens with two attached hydrogens (primary N) is 1. The van der Waals surface area contributed by atoms with E-state index in [9.17, 15) is 10.1 Å². The number of carbonyl (C=O) groups is 1. The van der Waals surface area contributed by atoms with Crippen LogP contribution in [-0.2, 0) is 4.79 Å². The van der Waals surface area contributed by atoms with Gasteiger partial charge >= 0.3 is 0 Å². The van der Waals surface area contributed by atoms with Gasteiger partial charge in [-0.25, -0.2) is 0 Å². The minimum absolute atomic E-state index is 0.0240. The molecule has 4 nitrogen and oxygen atoms in total. The highest BCUT2D eigenvalue weighted by Crippen LogP contribution is 2.56. The quantitative estimate of drug-likeness (QED) is 0.838. The lowest BCUT2D eigenvalue weighted by Gasteiger charge is -2.37. The highest BCUT2D eigenvalue weighted by molar-refractivity contribution is 5.84. The van der Waals surface area contributed by atoms with E-state index in [4.69, 9.17) is 5.73 Å². The van der Waals surface area contributed by atoms with Crippen LogP contribution in [0.5, 0.6) is 0 Å². The van der Waals surface area contributed by atoms with Crippen molar-refractivity contribution in [3.63, 3.8) is 0 Å². The Balaban J connectivity index is 1.80. The number of carbonyl (C=O) groups excluding carboxylic acids is 1. The van der Waals surface area contributed by atoms with Gasteiger partial charge in [-0.05, 0) is 62.7 Å². The standard InChI is InChI=1S/C16H25N3O/c1-10-7-13(9-17)19(11(10)2)15(20)14(18)16-5-3-12(8-16)4-6-16/h10-14H,3-8,18H2,1-2H3/t10-,11-,12?,13-,14+,16?/m0/s1. The van der Waals surface area contributed by atoms with E-state index in [2.05, 4.69) is 19.9 Å². The number of amides is 1. The minimum atomic E-state index is -0.404. The summed E-state index contributed by atoms with van der Waals surface area (Å²) in [6.45, 7) is 4.17. The molecule has 0 aromatic rings. The second-order valence-corrected chi connectivity index (χ2v) is 7.33. The summed E-state index contributed by atoms with van der Waals surface area (Å²) >= 11 is 0. The third-order valence-electron chi connectivity index (χ3n) is 6.32. The summed E-state index contributed by atoms with van der Waals surface area (Å²) in [5.41, 5.74) is 6.43. The Morgan fingerprint density at radius 2 is 2.05 bits per heavy atom. The number of nitriles is 1. The van der Waals surface area contributed by atoms with Crippen molar-refractivity contribution in [1.29, 1.82) is 5.26 Å². The lowest BCUT2D eigenvalue weighted by molar-refractivity contribution is -0.137. The molecule has 4 heteroatoms. The molecule has 0 unspecified atom stereocenters. The van der Waals surface area contributed by atoms with Crippen molar-refractivity contribution in [3.05, 3.63) is 0 Å². The van der Waals surface area contributed by atoms with Gasteiger partial charge in [0.1, 0.15) is 6.04 Å². The Morgan fingerprint density at radius 1 is 1.40 bits per heavy atom. The second kappa shape index (κ2) is 4.73. The molecule has 2 bridgehead atoms. The van der Waals surface area contributed by atoms with Crippen LogP contribution in [0.4, 0.5) is 0 Å². The largest absolute Gasteiger partial charge is 0.322 e. The topological polar surface area (TPSA) is 70.1 Å². The molecular weight excluding hydrogens is 250 g/mol. The average molecular weight is 275 g/mol. The molecule has 1 heterocycles. The van der Waals surface area contributed by atoms with Crippen LogP contribution < -0.4 is 5.73 Å². The number of rotatable bonds is 2. The van der Waals surface area contributed by atoms with Gasteiger partial charge in [-0.1, -0.05) is 6.92 Å². The van der Waals surface area contributed by atoms with Gasteiger partial charge in [-0.2, -0.15) is 5.26 Å². The lowest BCUT2D eigenvalue weighted by Crippen LogP contribution is -2.55. The average Bonchev–Trinajstić information content (AvgIpc) is 3.12. The van der Waals surface area contributed by atoms with E-state index in [-0.39, 0.29) is 23.4 Å². The van der Waals surface area contributed by atoms with Gasteiger partial charge in [0.05, 0.1) is 12.1 Å². The number of likely N-dealkylation sites (tertiary alicyclic amines) is 1. The number of fused-ring (bicyclic) bond motifs is 2. The van der Waals surface area contributed by atoms with Crippen molar-refractivity contribution < 1.29 is 4.79 Å². The Labute approximate surface area is 121 Å². The number of hydrogen-bond acceptors (Lipinski definition) is 3. The maximum absolute atomic E-state index is 12.9. The third kappa shape index (κ3) is 1.87. The zero-order valence-corrected chi connectivity index (χ0v) is 12.5. The molecule has 1 amide bonds. The maximum Gasteiger partial charge on any atom is 0.241 e. The monoisotopic (exact) mass is 275 g/mol. The molecule has 20 heavy (non-hydrogen) atoms. The van der Waals surface area contributed by atoms with Crippen molar-refractivity contribution in [2.45, 2.75) is 70.5 Å². The highest BCUT2D eigenvalue weighted by Gasteiger charge is 2.53.